The zero-order valence-electron chi connectivity index (χ0n) is 12.1. The summed E-state index contributed by atoms with van der Waals surface area (Å²) in [6.07, 6.45) is 7.51. The zero-order valence-corrected chi connectivity index (χ0v) is 12.1. The predicted molar refractivity (Wildman–Crippen MR) is 83.2 cm³/mol. The van der Waals surface area contributed by atoms with Gasteiger partial charge in [0.25, 0.3) is 5.69 Å². The molecule has 6 nitrogen and oxygen atoms in total. The monoisotopic (exact) mass is 290 g/mol. The van der Waals surface area contributed by atoms with Gasteiger partial charge in [-0.05, 0) is 37.7 Å². The number of nitrogens with two attached hydrogens (primary N) is 1. The summed E-state index contributed by atoms with van der Waals surface area (Å²) in [5, 5.41) is 11.1. The average molecular weight is 290 g/mol. The lowest BCUT2D eigenvalue weighted by Gasteiger charge is -2.45. The summed E-state index contributed by atoms with van der Waals surface area (Å²) in [5.41, 5.74) is 4.16. The maximum absolute atomic E-state index is 11.1. The van der Waals surface area contributed by atoms with E-state index in [-0.39, 0.29) is 10.6 Å². The average Bonchev–Trinajstić information content (AvgIpc) is 2.53. The molecule has 0 bridgehead atoms. The second kappa shape index (κ2) is 5.89. The summed E-state index contributed by atoms with van der Waals surface area (Å²) >= 11 is 0. The number of nitro groups is 1. The molecule has 1 aromatic carbocycles. The maximum atomic E-state index is 11.1. The van der Waals surface area contributed by atoms with Crippen molar-refractivity contribution in [2.24, 2.45) is 11.8 Å². The van der Waals surface area contributed by atoms with Crippen LogP contribution in [0.3, 0.4) is 0 Å². The highest BCUT2D eigenvalue weighted by Crippen LogP contribution is 2.39. The number of piperidine rings is 1. The Balaban J connectivity index is 1.94. The highest BCUT2D eigenvalue weighted by Gasteiger charge is 2.33. The van der Waals surface area contributed by atoms with Crippen molar-refractivity contribution in [1.82, 2.24) is 0 Å². The summed E-state index contributed by atoms with van der Waals surface area (Å²) < 4.78 is 0. The minimum absolute atomic E-state index is 0.0957. The van der Waals surface area contributed by atoms with Crippen LogP contribution in [0.4, 0.5) is 17.1 Å². The van der Waals surface area contributed by atoms with Gasteiger partial charge in [0.05, 0.1) is 10.6 Å². The van der Waals surface area contributed by atoms with Crippen LogP contribution in [0.5, 0.6) is 0 Å². The van der Waals surface area contributed by atoms with Gasteiger partial charge in [-0.25, -0.2) is 0 Å². The van der Waals surface area contributed by atoms with E-state index in [9.17, 15) is 10.1 Å². The Kier molecular flexibility index (Phi) is 3.96. The molecule has 1 saturated heterocycles. The molecule has 6 heteroatoms. The topological polar surface area (TPSA) is 84.4 Å². The van der Waals surface area contributed by atoms with Crippen molar-refractivity contribution in [3.63, 3.8) is 0 Å². The highest BCUT2D eigenvalue weighted by molar-refractivity contribution is 5.64. The number of benzene rings is 1. The largest absolute Gasteiger partial charge is 0.368 e. The van der Waals surface area contributed by atoms with Crippen molar-refractivity contribution in [3.8, 4) is 0 Å². The van der Waals surface area contributed by atoms with Gasteiger partial charge < -0.3 is 10.3 Å². The fourth-order valence-electron chi connectivity index (χ4n) is 3.90. The van der Waals surface area contributed by atoms with Crippen LogP contribution in [0.15, 0.2) is 18.2 Å². The fourth-order valence-corrected chi connectivity index (χ4v) is 3.90. The van der Waals surface area contributed by atoms with Gasteiger partial charge in [0.2, 0.25) is 0 Å². The molecule has 1 aliphatic carbocycles. The van der Waals surface area contributed by atoms with E-state index in [0.717, 1.165) is 24.6 Å². The quantitative estimate of drug-likeness (QED) is 0.508. The molecule has 0 radical (unpaired) electrons. The Labute approximate surface area is 124 Å². The van der Waals surface area contributed by atoms with Gasteiger partial charge in [0, 0.05) is 30.4 Å². The smallest absolute Gasteiger partial charge is 0.273 e. The van der Waals surface area contributed by atoms with Gasteiger partial charge >= 0.3 is 0 Å². The Morgan fingerprint density at radius 2 is 1.95 bits per heavy atom. The molecule has 2 atom stereocenters. The number of hydrogen-bond acceptors (Lipinski definition) is 5. The lowest BCUT2D eigenvalue weighted by Crippen LogP contribution is -2.46. The van der Waals surface area contributed by atoms with Crippen LogP contribution in [0.2, 0.25) is 0 Å². The lowest BCUT2D eigenvalue weighted by atomic mass is 9.78. The Bertz CT molecular complexity index is 532. The van der Waals surface area contributed by atoms with Crippen molar-refractivity contribution in [2.45, 2.75) is 44.6 Å². The summed E-state index contributed by atoms with van der Waals surface area (Å²) in [7, 11) is 0. The number of hydrogen-bond donors (Lipinski definition) is 2. The van der Waals surface area contributed by atoms with E-state index >= 15 is 0 Å². The first-order valence-electron chi connectivity index (χ1n) is 7.72. The van der Waals surface area contributed by atoms with Crippen molar-refractivity contribution >= 4 is 17.1 Å². The Morgan fingerprint density at radius 1 is 1.19 bits per heavy atom. The van der Waals surface area contributed by atoms with E-state index in [1.807, 2.05) is 6.07 Å². The number of anilines is 2. The third-order valence-corrected chi connectivity index (χ3v) is 4.85. The molecule has 2 aliphatic rings. The fraction of sp³-hybridized carbons (Fsp3) is 0.600. The van der Waals surface area contributed by atoms with Gasteiger partial charge in [-0.2, -0.15) is 0 Å². The molecule has 0 unspecified atom stereocenters. The van der Waals surface area contributed by atoms with Crippen molar-refractivity contribution in [3.05, 3.63) is 28.3 Å². The predicted octanol–water partition coefficient (Wildman–Crippen LogP) is 3.04. The number of nitrogens with zero attached hydrogens (tertiary/aromatic N) is 2. The van der Waals surface area contributed by atoms with Gasteiger partial charge in [-0.1, -0.05) is 12.8 Å². The molecule has 0 aromatic heterocycles. The van der Waals surface area contributed by atoms with Crippen LogP contribution in [-0.2, 0) is 0 Å². The van der Waals surface area contributed by atoms with Crippen LogP contribution < -0.4 is 16.2 Å². The molecule has 1 saturated carbocycles. The van der Waals surface area contributed by atoms with Crippen molar-refractivity contribution in [2.75, 3.05) is 16.9 Å². The molecule has 1 aliphatic heterocycles. The number of non-ortho nitro benzene ring substituents is 1. The molecule has 3 N–H and O–H groups in total. The normalized spacial score (nSPS) is 25.3. The number of nitrogen functional groups attached to an aromatic ring is 1. The minimum Gasteiger partial charge on any atom is -0.368 e. The van der Waals surface area contributed by atoms with E-state index in [1.165, 1.54) is 38.2 Å². The summed E-state index contributed by atoms with van der Waals surface area (Å²) in [6.45, 7) is 0.979. The summed E-state index contributed by atoms with van der Waals surface area (Å²) in [4.78, 5) is 13.1. The van der Waals surface area contributed by atoms with Crippen LogP contribution in [0.25, 0.3) is 0 Å². The molecule has 1 heterocycles. The van der Waals surface area contributed by atoms with Crippen molar-refractivity contribution in [1.29, 1.82) is 0 Å². The number of fused-ring (bicyclic) bond motifs is 1. The Hall–Kier alpha value is -1.82. The highest BCUT2D eigenvalue weighted by atomic mass is 16.6. The third-order valence-electron chi connectivity index (χ3n) is 4.85. The standard InChI is InChI=1S/C15H22N4O2/c16-17-12-8-13(10-14(9-12)19(20)21)18-7-3-5-11-4-1-2-6-15(11)18/h8-11,15,17H,1-7,16H2/t11-,15-/m1/s1. The number of nitro benzene ring substituents is 1. The third kappa shape index (κ3) is 2.81. The minimum atomic E-state index is -0.355. The second-order valence-electron chi connectivity index (χ2n) is 6.09. The number of nitrogens with one attached hydrogen (secondary N) is 1. The van der Waals surface area contributed by atoms with Crippen LogP contribution in [0, 0.1) is 16.0 Å². The van der Waals surface area contributed by atoms with Crippen LogP contribution >= 0.6 is 0 Å². The molecule has 21 heavy (non-hydrogen) atoms. The van der Waals surface area contributed by atoms with E-state index in [4.69, 9.17) is 5.84 Å². The Morgan fingerprint density at radius 3 is 2.71 bits per heavy atom. The SMILES string of the molecule is NNc1cc(N2CCC[C@H]3CCCC[C@H]32)cc([N+](=O)[O-])c1. The molecular formula is C15H22N4O2. The van der Waals surface area contributed by atoms with Gasteiger partial charge in [-0.15, -0.1) is 0 Å². The van der Waals surface area contributed by atoms with Crippen molar-refractivity contribution < 1.29 is 4.92 Å². The van der Waals surface area contributed by atoms with E-state index in [0.29, 0.717) is 11.7 Å². The molecule has 2 fully saturated rings. The van der Waals surface area contributed by atoms with Gasteiger partial charge in [0.1, 0.15) is 0 Å². The van der Waals surface area contributed by atoms with E-state index < -0.39 is 0 Å². The molecule has 0 spiro atoms. The molecule has 114 valence electrons. The van der Waals surface area contributed by atoms with E-state index in [1.54, 1.807) is 6.07 Å². The zero-order chi connectivity index (χ0) is 14.8. The van der Waals surface area contributed by atoms with Gasteiger partial charge in [0.15, 0.2) is 0 Å². The summed E-state index contributed by atoms with van der Waals surface area (Å²) in [6, 6.07) is 5.60. The van der Waals surface area contributed by atoms with Crippen LogP contribution in [0.1, 0.15) is 38.5 Å². The maximum Gasteiger partial charge on any atom is 0.273 e. The first-order valence-corrected chi connectivity index (χ1v) is 7.72. The number of rotatable bonds is 3. The van der Waals surface area contributed by atoms with Crippen LogP contribution in [-0.4, -0.2) is 17.5 Å². The molecule has 0 amide bonds. The first kappa shape index (κ1) is 14.1. The van der Waals surface area contributed by atoms with E-state index in [2.05, 4.69) is 10.3 Å². The second-order valence-corrected chi connectivity index (χ2v) is 6.09. The number of hydrazine groups is 1. The molecule has 1 aromatic rings. The molecular weight excluding hydrogens is 268 g/mol. The van der Waals surface area contributed by atoms with Gasteiger partial charge in [-0.3, -0.25) is 16.0 Å². The molecule has 3 rings (SSSR count). The lowest BCUT2D eigenvalue weighted by molar-refractivity contribution is -0.384. The summed E-state index contributed by atoms with van der Waals surface area (Å²) in [5.74, 6) is 6.20. The first-order chi connectivity index (χ1) is 10.2.